The van der Waals surface area contributed by atoms with E-state index in [1.54, 1.807) is 31.0 Å². The molecule has 122 valence electrons. The van der Waals surface area contributed by atoms with Crippen LogP contribution in [0.4, 0.5) is 0 Å². The van der Waals surface area contributed by atoms with Gasteiger partial charge in [-0.3, -0.25) is 4.79 Å². The number of hydrogen-bond acceptors (Lipinski definition) is 4. The number of aromatic nitrogens is 1. The van der Waals surface area contributed by atoms with E-state index in [1.807, 2.05) is 55.1 Å². The average molecular weight is 331 g/mol. The van der Waals surface area contributed by atoms with Crippen molar-refractivity contribution in [3.63, 3.8) is 0 Å². The number of rotatable bonds is 6. The van der Waals surface area contributed by atoms with E-state index in [4.69, 9.17) is 9.47 Å². The molecule has 2 rings (SSSR count). The Morgan fingerprint density at radius 1 is 1.13 bits per heavy atom. The Kier molecular flexibility index (Phi) is 5.93. The molecule has 23 heavy (non-hydrogen) atoms. The van der Waals surface area contributed by atoms with E-state index in [0.717, 1.165) is 22.7 Å². The number of methoxy groups -OCH3 is 1. The van der Waals surface area contributed by atoms with Crippen molar-refractivity contribution in [2.24, 2.45) is 0 Å². The van der Waals surface area contributed by atoms with Gasteiger partial charge in [-0.25, -0.2) is 0 Å². The van der Waals surface area contributed by atoms with Gasteiger partial charge in [0.25, 0.3) is 0 Å². The molecule has 1 heterocycles. The third-order valence-electron chi connectivity index (χ3n) is 3.40. The normalized spacial score (nSPS) is 11.0. The minimum absolute atomic E-state index is 0.0295. The zero-order valence-electron chi connectivity index (χ0n) is 13.8. The summed E-state index contributed by atoms with van der Waals surface area (Å²) in [6.45, 7) is 3.83. The number of hydrogen-bond donors (Lipinski definition) is 0. The van der Waals surface area contributed by atoms with Gasteiger partial charge in [0, 0.05) is 29.7 Å². The van der Waals surface area contributed by atoms with E-state index >= 15 is 0 Å². The molecular formula is C18H21NO3S. The molecule has 0 atom stereocenters. The van der Waals surface area contributed by atoms with Crippen molar-refractivity contribution in [1.82, 2.24) is 4.57 Å². The molecule has 0 radical (unpaired) electrons. The first-order valence-electron chi connectivity index (χ1n) is 7.23. The summed E-state index contributed by atoms with van der Waals surface area (Å²) in [6.07, 6.45) is 5.91. The topological polar surface area (TPSA) is 40.5 Å². The lowest BCUT2D eigenvalue weighted by molar-refractivity contribution is 0.344. The van der Waals surface area contributed by atoms with Crippen LogP contribution in [-0.2, 0) is 0 Å². The van der Waals surface area contributed by atoms with E-state index in [0.29, 0.717) is 11.7 Å². The molecule has 1 aromatic carbocycles. The molecule has 0 bridgehead atoms. The molecule has 0 amide bonds. The van der Waals surface area contributed by atoms with E-state index in [1.165, 1.54) is 0 Å². The monoisotopic (exact) mass is 331 g/mol. The van der Waals surface area contributed by atoms with Gasteiger partial charge < -0.3 is 14.0 Å². The van der Waals surface area contributed by atoms with Gasteiger partial charge in [-0.15, -0.1) is 11.8 Å². The highest BCUT2D eigenvalue weighted by molar-refractivity contribution is 7.98. The molecule has 0 saturated heterocycles. The third kappa shape index (κ3) is 4.42. The third-order valence-corrected chi connectivity index (χ3v) is 3.75. The second kappa shape index (κ2) is 7.92. The van der Waals surface area contributed by atoms with Gasteiger partial charge in [-0.05, 0) is 43.9 Å². The largest absolute Gasteiger partial charge is 0.493 e. The van der Waals surface area contributed by atoms with Gasteiger partial charge in [-0.1, -0.05) is 6.07 Å². The highest BCUT2D eigenvalue weighted by Crippen LogP contribution is 2.29. The SMILES string of the molecule is COc1ccc(/C=C/n2c(C)cc(=O)cc2C)cc1OCSC. The quantitative estimate of drug-likeness (QED) is 0.755. The van der Waals surface area contributed by atoms with Crippen molar-refractivity contribution >= 4 is 24.0 Å². The van der Waals surface area contributed by atoms with Crippen molar-refractivity contribution in [3.8, 4) is 11.5 Å². The summed E-state index contributed by atoms with van der Waals surface area (Å²) < 4.78 is 13.0. The average Bonchev–Trinajstić information content (AvgIpc) is 2.52. The molecule has 0 fully saturated rings. The van der Waals surface area contributed by atoms with Gasteiger partial charge >= 0.3 is 0 Å². The summed E-state index contributed by atoms with van der Waals surface area (Å²) in [5.74, 6) is 2.01. The molecule has 0 aliphatic rings. The zero-order chi connectivity index (χ0) is 16.8. The van der Waals surface area contributed by atoms with Crippen LogP contribution in [0.25, 0.3) is 12.3 Å². The van der Waals surface area contributed by atoms with Crippen molar-refractivity contribution in [2.75, 3.05) is 19.3 Å². The van der Waals surface area contributed by atoms with Crippen LogP contribution in [-0.4, -0.2) is 23.9 Å². The second-order valence-corrected chi connectivity index (χ2v) is 5.93. The van der Waals surface area contributed by atoms with Crippen molar-refractivity contribution in [2.45, 2.75) is 13.8 Å². The van der Waals surface area contributed by atoms with Crippen molar-refractivity contribution in [1.29, 1.82) is 0 Å². The van der Waals surface area contributed by atoms with Gasteiger partial charge in [0.2, 0.25) is 0 Å². The van der Waals surface area contributed by atoms with Crippen molar-refractivity contribution < 1.29 is 9.47 Å². The van der Waals surface area contributed by atoms with Crippen LogP contribution >= 0.6 is 11.8 Å². The lowest BCUT2D eigenvalue weighted by Gasteiger charge is -2.11. The number of benzene rings is 1. The summed E-state index contributed by atoms with van der Waals surface area (Å²) in [5, 5.41) is 0. The first kappa shape index (κ1) is 17.2. The maximum Gasteiger partial charge on any atom is 0.182 e. The first-order valence-corrected chi connectivity index (χ1v) is 8.62. The van der Waals surface area contributed by atoms with Crippen LogP contribution in [0.3, 0.4) is 0 Å². The molecule has 0 saturated carbocycles. The number of thioether (sulfide) groups is 1. The van der Waals surface area contributed by atoms with E-state index in [9.17, 15) is 4.79 Å². The summed E-state index contributed by atoms with van der Waals surface area (Å²) in [4.78, 5) is 11.5. The maximum absolute atomic E-state index is 11.5. The van der Waals surface area contributed by atoms with E-state index < -0.39 is 0 Å². The number of nitrogens with zero attached hydrogens (tertiary/aromatic N) is 1. The van der Waals surface area contributed by atoms with Crippen molar-refractivity contribution in [3.05, 3.63) is 57.5 Å². The lowest BCUT2D eigenvalue weighted by Crippen LogP contribution is -2.08. The number of pyridine rings is 1. The maximum atomic E-state index is 11.5. The van der Waals surface area contributed by atoms with E-state index in [-0.39, 0.29) is 5.43 Å². The Balaban J connectivity index is 2.31. The molecule has 2 aromatic rings. The summed E-state index contributed by atoms with van der Waals surface area (Å²) >= 11 is 1.61. The van der Waals surface area contributed by atoms with Crippen LogP contribution in [0.15, 0.2) is 35.1 Å². The smallest absolute Gasteiger partial charge is 0.182 e. The fourth-order valence-electron chi connectivity index (χ4n) is 2.30. The highest BCUT2D eigenvalue weighted by Gasteiger charge is 2.05. The molecule has 0 spiro atoms. The Morgan fingerprint density at radius 3 is 2.43 bits per heavy atom. The predicted molar refractivity (Wildman–Crippen MR) is 97.4 cm³/mol. The minimum atomic E-state index is 0.0295. The second-order valence-electron chi connectivity index (χ2n) is 5.12. The molecule has 1 aromatic heterocycles. The Morgan fingerprint density at radius 2 is 1.83 bits per heavy atom. The zero-order valence-corrected chi connectivity index (χ0v) is 14.6. The Labute approximate surface area is 140 Å². The van der Waals surface area contributed by atoms with Crippen LogP contribution in [0, 0.1) is 13.8 Å². The molecular weight excluding hydrogens is 310 g/mol. The lowest BCUT2D eigenvalue weighted by atomic mass is 10.2. The number of aryl methyl sites for hydroxylation is 2. The highest BCUT2D eigenvalue weighted by atomic mass is 32.2. The fraction of sp³-hybridized carbons (Fsp3) is 0.278. The predicted octanol–water partition coefficient (Wildman–Crippen LogP) is 3.80. The number of ether oxygens (including phenoxy) is 2. The van der Waals surface area contributed by atoms with Gasteiger partial charge in [-0.2, -0.15) is 0 Å². The van der Waals surface area contributed by atoms with Gasteiger partial charge in [0.05, 0.1) is 7.11 Å². The molecule has 0 unspecified atom stereocenters. The van der Waals surface area contributed by atoms with Crippen LogP contribution in [0.1, 0.15) is 17.0 Å². The van der Waals surface area contributed by atoms with Gasteiger partial charge in [0.1, 0.15) is 5.94 Å². The molecule has 0 aliphatic heterocycles. The molecule has 5 heteroatoms. The molecule has 4 nitrogen and oxygen atoms in total. The summed E-state index contributed by atoms with van der Waals surface area (Å²) in [5.41, 5.74) is 2.83. The fourth-order valence-corrected chi connectivity index (χ4v) is 2.54. The Hall–Kier alpha value is -2.14. The van der Waals surface area contributed by atoms with Gasteiger partial charge in [0.15, 0.2) is 16.9 Å². The minimum Gasteiger partial charge on any atom is -0.493 e. The molecule has 0 N–H and O–H groups in total. The van der Waals surface area contributed by atoms with E-state index in [2.05, 4.69) is 0 Å². The first-order chi connectivity index (χ1) is 11.0. The molecule has 0 aliphatic carbocycles. The standard InChI is InChI=1S/C18H21NO3S/c1-13-9-16(20)10-14(2)19(13)8-7-15-5-6-17(21-3)18(11-15)22-12-23-4/h5-11H,12H2,1-4H3/b8-7+. The Bertz CT molecular complexity index is 739. The summed E-state index contributed by atoms with van der Waals surface area (Å²) in [6, 6.07) is 9.05. The summed E-state index contributed by atoms with van der Waals surface area (Å²) in [7, 11) is 1.63. The van der Waals surface area contributed by atoms with Crippen LogP contribution in [0.2, 0.25) is 0 Å². The van der Waals surface area contributed by atoms with Crippen LogP contribution < -0.4 is 14.9 Å². The van der Waals surface area contributed by atoms with Crippen LogP contribution in [0.5, 0.6) is 11.5 Å².